The minimum Gasteiger partial charge on any atom is -0.314 e. The van der Waals surface area contributed by atoms with E-state index in [0.717, 1.165) is 17.9 Å². The number of rotatable bonds is 4. The van der Waals surface area contributed by atoms with Crippen LogP contribution >= 0.6 is 0 Å². The highest BCUT2D eigenvalue weighted by Crippen LogP contribution is 2.43. The molecule has 2 aliphatic rings. The molecule has 0 amide bonds. The Labute approximate surface area is 105 Å². The third-order valence-corrected chi connectivity index (χ3v) is 4.49. The molecule has 0 saturated heterocycles. The average Bonchev–Trinajstić information content (AvgIpc) is 3.04. The lowest BCUT2D eigenvalue weighted by Gasteiger charge is -2.38. The molecule has 0 radical (unpaired) electrons. The van der Waals surface area contributed by atoms with Gasteiger partial charge in [0.1, 0.15) is 0 Å². The molecule has 0 aromatic heterocycles. The monoisotopic (exact) mass is 229 g/mol. The summed E-state index contributed by atoms with van der Waals surface area (Å²) < 4.78 is 0. The highest BCUT2D eigenvalue weighted by atomic mass is 14.9. The quantitative estimate of drug-likeness (QED) is 0.832. The Morgan fingerprint density at radius 2 is 1.94 bits per heavy atom. The van der Waals surface area contributed by atoms with Crippen LogP contribution in [0.5, 0.6) is 0 Å². The summed E-state index contributed by atoms with van der Waals surface area (Å²) in [6.07, 6.45) is 5.61. The first-order valence-electron chi connectivity index (χ1n) is 7.04. The summed E-state index contributed by atoms with van der Waals surface area (Å²) in [5.74, 6) is 1.71. The van der Waals surface area contributed by atoms with Gasteiger partial charge in [0.05, 0.1) is 0 Å². The maximum Gasteiger partial charge on any atom is 0.00683 e. The summed E-state index contributed by atoms with van der Waals surface area (Å²) in [4.78, 5) is 0. The SMILES string of the molecule is Cc1ccc(C2CCC2CNC2CC2)c(C)c1. The van der Waals surface area contributed by atoms with Gasteiger partial charge in [0.15, 0.2) is 0 Å². The van der Waals surface area contributed by atoms with E-state index in [1.54, 1.807) is 5.56 Å². The summed E-state index contributed by atoms with van der Waals surface area (Å²) in [6.45, 7) is 5.69. The van der Waals surface area contributed by atoms with Crippen molar-refractivity contribution in [1.82, 2.24) is 5.32 Å². The largest absolute Gasteiger partial charge is 0.314 e. The molecule has 3 rings (SSSR count). The fourth-order valence-electron chi connectivity index (χ4n) is 3.07. The van der Waals surface area contributed by atoms with Crippen LogP contribution in [0.25, 0.3) is 0 Å². The van der Waals surface area contributed by atoms with Crippen LogP contribution in [0, 0.1) is 19.8 Å². The molecule has 0 spiro atoms. The topological polar surface area (TPSA) is 12.0 Å². The molecular formula is C16H23N. The van der Waals surface area contributed by atoms with E-state index in [1.807, 2.05) is 0 Å². The van der Waals surface area contributed by atoms with Gasteiger partial charge in [-0.25, -0.2) is 0 Å². The van der Waals surface area contributed by atoms with E-state index < -0.39 is 0 Å². The van der Waals surface area contributed by atoms with Gasteiger partial charge in [0.2, 0.25) is 0 Å². The van der Waals surface area contributed by atoms with Crippen molar-refractivity contribution in [3.63, 3.8) is 0 Å². The molecule has 2 atom stereocenters. The van der Waals surface area contributed by atoms with Crippen molar-refractivity contribution in [3.8, 4) is 0 Å². The van der Waals surface area contributed by atoms with E-state index in [4.69, 9.17) is 0 Å². The second kappa shape index (κ2) is 4.45. The van der Waals surface area contributed by atoms with Crippen LogP contribution in [0.2, 0.25) is 0 Å². The first-order chi connectivity index (χ1) is 8.24. The summed E-state index contributed by atoms with van der Waals surface area (Å²) in [7, 11) is 0. The first kappa shape index (κ1) is 11.3. The van der Waals surface area contributed by atoms with Crippen molar-refractivity contribution in [1.29, 1.82) is 0 Å². The Morgan fingerprint density at radius 1 is 1.12 bits per heavy atom. The van der Waals surface area contributed by atoms with Gasteiger partial charge in [-0.2, -0.15) is 0 Å². The van der Waals surface area contributed by atoms with Gasteiger partial charge >= 0.3 is 0 Å². The second-order valence-corrected chi connectivity index (χ2v) is 5.99. The molecule has 92 valence electrons. The maximum atomic E-state index is 3.69. The fourth-order valence-corrected chi connectivity index (χ4v) is 3.07. The molecule has 0 bridgehead atoms. The Balaban J connectivity index is 1.66. The lowest BCUT2D eigenvalue weighted by molar-refractivity contribution is 0.244. The van der Waals surface area contributed by atoms with Crippen molar-refractivity contribution in [2.75, 3.05) is 6.54 Å². The van der Waals surface area contributed by atoms with E-state index in [9.17, 15) is 0 Å². The molecule has 2 unspecified atom stereocenters. The third-order valence-electron chi connectivity index (χ3n) is 4.49. The van der Waals surface area contributed by atoms with Gasteiger partial charge in [-0.05, 0) is 69.0 Å². The number of hydrogen-bond donors (Lipinski definition) is 1. The van der Waals surface area contributed by atoms with Crippen LogP contribution in [-0.2, 0) is 0 Å². The van der Waals surface area contributed by atoms with Crippen LogP contribution < -0.4 is 5.32 Å². The van der Waals surface area contributed by atoms with Crippen LogP contribution in [0.3, 0.4) is 0 Å². The Morgan fingerprint density at radius 3 is 2.53 bits per heavy atom. The average molecular weight is 229 g/mol. The standard InChI is InChI=1S/C16H23N/c1-11-3-7-15(12(2)9-11)16-8-4-13(16)10-17-14-5-6-14/h3,7,9,13-14,16-17H,4-6,8,10H2,1-2H3. The fraction of sp³-hybridized carbons (Fsp3) is 0.625. The first-order valence-corrected chi connectivity index (χ1v) is 7.04. The smallest absolute Gasteiger partial charge is 0.00683 e. The van der Waals surface area contributed by atoms with Crippen molar-refractivity contribution in [3.05, 3.63) is 34.9 Å². The number of hydrogen-bond acceptors (Lipinski definition) is 1. The van der Waals surface area contributed by atoms with Gasteiger partial charge in [-0.15, -0.1) is 0 Å². The highest BCUT2D eigenvalue weighted by Gasteiger charge is 2.33. The maximum absolute atomic E-state index is 3.69. The zero-order valence-corrected chi connectivity index (χ0v) is 11.0. The number of aryl methyl sites for hydroxylation is 2. The van der Waals surface area contributed by atoms with Crippen molar-refractivity contribution < 1.29 is 0 Å². The summed E-state index contributed by atoms with van der Waals surface area (Å²) in [6, 6.07) is 7.82. The van der Waals surface area contributed by atoms with E-state index >= 15 is 0 Å². The zero-order valence-electron chi connectivity index (χ0n) is 11.0. The van der Waals surface area contributed by atoms with Crippen LogP contribution in [0.15, 0.2) is 18.2 Å². The summed E-state index contributed by atoms with van der Waals surface area (Å²) in [5, 5.41) is 3.69. The molecule has 1 nitrogen and oxygen atoms in total. The summed E-state index contributed by atoms with van der Waals surface area (Å²) >= 11 is 0. The predicted octanol–water partition coefficient (Wildman–Crippen LogP) is 3.55. The van der Waals surface area contributed by atoms with Crippen LogP contribution in [0.4, 0.5) is 0 Å². The second-order valence-electron chi connectivity index (χ2n) is 5.99. The lowest BCUT2D eigenvalue weighted by Crippen LogP contribution is -2.35. The Hall–Kier alpha value is -0.820. The number of benzene rings is 1. The lowest BCUT2D eigenvalue weighted by atomic mass is 9.69. The van der Waals surface area contributed by atoms with Gasteiger partial charge < -0.3 is 5.32 Å². The molecule has 1 N–H and O–H groups in total. The third kappa shape index (κ3) is 2.40. The van der Waals surface area contributed by atoms with Gasteiger partial charge in [-0.1, -0.05) is 23.8 Å². The highest BCUT2D eigenvalue weighted by molar-refractivity contribution is 5.34. The van der Waals surface area contributed by atoms with Gasteiger partial charge in [0, 0.05) is 6.04 Å². The molecule has 1 aromatic carbocycles. The normalized spacial score (nSPS) is 27.9. The molecule has 0 heterocycles. The van der Waals surface area contributed by atoms with Crippen LogP contribution in [0.1, 0.15) is 48.3 Å². The molecule has 2 aliphatic carbocycles. The van der Waals surface area contributed by atoms with Crippen LogP contribution in [-0.4, -0.2) is 12.6 Å². The zero-order chi connectivity index (χ0) is 11.8. The van der Waals surface area contributed by atoms with Gasteiger partial charge in [0.25, 0.3) is 0 Å². The molecule has 17 heavy (non-hydrogen) atoms. The van der Waals surface area contributed by atoms with E-state index in [1.165, 1.54) is 43.4 Å². The minimum atomic E-state index is 0.821. The van der Waals surface area contributed by atoms with Crippen molar-refractivity contribution in [2.45, 2.75) is 51.5 Å². The van der Waals surface area contributed by atoms with Crippen molar-refractivity contribution >= 4 is 0 Å². The molecule has 1 aromatic rings. The van der Waals surface area contributed by atoms with E-state index in [0.29, 0.717) is 0 Å². The van der Waals surface area contributed by atoms with Gasteiger partial charge in [-0.3, -0.25) is 0 Å². The Bertz CT molecular complexity index is 406. The predicted molar refractivity (Wildman–Crippen MR) is 72.4 cm³/mol. The van der Waals surface area contributed by atoms with Crippen molar-refractivity contribution in [2.24, 2.45) is 5.92 Å². The molecule has 1 heteroatoms. The molecular weight excluding hydrogens is 206 g/mol. The van der Waals surface area contributed by atoms with E-state index in [2.05, 4.69) is 37.4 Å². The molecule has 0 aliphatic heterocycles. The molecule has 2 saturated carbocycles. The summed E-state index contributed by atoms with van der Waals surface area (Å²) in [5.41, 5.74) is 4.48. The number of nitrogens with one attached hydrogen (secondary N) is 1. The molecule has 2 fully saturated rings. The minimum absolute atomic E-state index is 0.821. The Kier molecular flexibility index (Phi) is 2.96. The van der Waals surface area contributed by atoms with E-state index in [-0.39, 0.29) is 0 Å².